The van der Waals surface area contributed by atoms with Gasteiger partial charge in [0.1, 0.15) is 23.7 Å². The maximum absolute atomic E-state index is 13.8. The fourth-order valence-corrected chi connectivity index (χ4v) is 8.04. The Bertz CT molecular complexity index is 2280. The number of aromatic amines is 2. The van der Waals surface area contributed by atoms with E-state index in [1.807, 2.05) is 30.9 Å². The lowest BCUT2D eigenvalue weighted by atomic mass is 9.97. The summed E-state index contributed by atoms with van der Waals surface area (Å²) >= 11 is 0. The highest BCUT2D eigenvalue weighted by atomic mass is 16.5. The average Bonchev–Trinajstić information content (AvgIpc) is 4.06. The van der Waals surface area contributed by atoms with Crippen molar-refractivity contribution in [2.24, 2.45) is 5.92 Å². The highest BCUT2D eigenvalue weighted by Gasteiger charge is 2.39. The van der Waals surface area contributed by atoms with Crippen molar-refractivity contribution in [1.82, 2.24) is 40.4 Å². The van der Waals surface area contributed by atoms with Crippen LogP contribution in [-0.2, 0) is 19.1 Å². The molecule has 15 nitrogen and oxygen atoms in total. The molecule has 300 valence electrons. The van der Waals surface area contributed by atoms with E-state index in [2.05, 4.69) is 72.8 Å². The quantitative estimate of drug-likeness (QED) is 0.107. The number of nitrogens with zero attached hydrogens (tertiary/aromatic N) is 4. The number of imidazole rings is 2. The minimum absolute atomic E-state index is 0.0643. The Labute approximate surface area is 330 Å². The highest BCUT2D eigenvalue weighted by Crippen LogP contribution is 2.36. The molecule has 7 rings (SSSR count). The molecule has 5 aromatic rings. The first-order chi connectivity index (χ1) is 27.5. The molecule has 0 saturated carbocycles. The molecule has 4 amide bonds. The number of nitrogens with one attached hydrogen (secondary N) is 4. The van der Waals surface area contributed by atoms with Crippen molar-refractivity contribution in [3.05, 3.63) is 72.4 Å². The molecule has 3 aromatic carbocycles. The van der Waals surface area contributed by atoms with Gasteiger partial charge >= 0.3 is 12.2 Å². The summed E-state index contributed by atoms with van der Waals surface area (Å²) in [5, 5.41) is 17.6. The van der Waals surface area contributed by atoms with E-state index in [9.17, 15) is 24.3 Å². The molecule has 2 aliphatic heterocycles. The minimum Gasteiger partial charge on any atom is -0.453 e. The van der Waals surface area contributed by atoms with Crippen LogP contribution < -0.4 is 10.6 Å². The summed E-state index contributed by atoms with van der Waals surface area (Å²) in [6.07, 6.45) is 3.06. The Kier molecular flexibility index (Phi) is 11.5. The van der Waals surface area contributed by atoms with Gasteiger partial charge in [0.15, 0.2) is 0 Å². The molecule has 57 heavy (non-hydrogen) atoms. The molecule has 0 spiro atoms. The maximum Gasteiger partial charge on any atom is 0.407 e. The number of carbonyl (C=O) groups excluding carboxylic acids is 4. The summed E-state index contributed by atoms with van der Waals surface area (Å²) in [5.74, 6) is 0.790. The molecule has 2 aromatic heterocycles. The molecule has 2 aliphatic rings. The predicted molar refractivity (Wildman–Crippen MR) is 214 cm³/mol. The second-order valence-electron chi connectivity index (χ2n) is 15.0. The van der Waals surface area contributed by atoms with Gasteiger partial charge in [-0.25, -0.2) is 19.6 Å². The number of hydrogen-bond acceptors (Lipinski definition) is 9. The van der Waals surface area contributed by atoms with Gasteiger partial charge in [0.25, 0.3) is 0 Å². The number of alkyl carbamates (subject to hydrolysis) is 2. The molecule has 5 N–H and O–H groups in total. The lowest BCUT2D eigenvalue weighted by molar-refractivity contribution is -0.137. The number of aliphatic hydroxyl groups is 1. The van der Waals surface area contributed by atoms with Crippen LogP contribution in [0.15, 0.2) is 60.8 Å². The van der Waals surface area contributed by atoms with E-state index in [1.165, 1.54) is 21.1 Å². The minimum atomic E-state index is -1.14. The first-order valence-corrected chi connectivity index (χ1v) is 19.6. The normalized spacial score (nSPS) is 19.0. The number of amides is 4. The van der Waals surface area contributed by atoms with Gasteiger partial charge in [-0.2, -0.15) is 0 Å². The second-order valence-corrected chi connectivity index (χ2v) is 15.0. The number of hydrogen-bond donors (Lipinski definition) is 5. The first-order valence-electron chi connectivity index (χ1n) is 19.6. The Morgan fingerprint density at radius 2 is 1.35 bits per heavy atom. The number of ether oxygens (including phenoxy) is 2. The summed E-state index contributed by atoms with van der Waals surface area (Å²) in [5.41, 5.74) is 5.52. The van der Waals surface area contributed by atoms with Gasteiger partial charge in [0.05, 0.1) is 55.3 Å². The average molecular weight is 779 g/mol. The van der Waals surface area contributed by atoms with Gasteiger partial charge in [-0.15, -0.1) is 0 Å². The van der Waals surface area contributed by atoms with Crippen LogP contribution in [0.1, 0.15) is 76.6 Å². The molecule has 2 fully saturated rings. The van der Waals surface area contributed by atoms with E-state index < -0.39 is 36.3 Å². The van der Waals surface area contributed by atoms with Gasteiger partial charge in [-0.05, 0) is 84.7 Å². The predicted octanol–water partition coefficient (Wildman–Crippen LogP) is 5.98. The summed E-state index contributed by atoms with van der Waals surface area (Å²) < 4.78 is 9.47. The molecule has 0 bridgehead atoms. The van der Waals surface area contributed by atoms with Gasteiger partial charge < -0.3 is 45.0 Å². The maximum atomic E-state index is 13.8. The van der Waals surface area contributed by atoms with Gasteiger partial charge in [-0.1, -0.05) is 50.6 Å². The molecular formula is C42H50N8O7. The highest BCUT2D eigenvalue weighted by molar-refractivity contribution is 5.92. The zero-order valence-corrected chi connectivity index (χ0v) is 32.9. The summed E-state index contributed by atoms with van der Waals surface area (Å²) in [6.45, 7) is 6.48. The standard InChI is InChI=1S/C42H50N8O7/c1-6-23(2)35(47-41(54)56-4)39(52)50-18-8-10-34(50)38-44-30-16-15-28(21-31(30)45-38)26-11-12-27-20-29(14-13-25(27)19-26)32-22-43-37(46-32)33-9-7-17-49(33)40(53)36(24(3)51)48-42(55)57-5/h11-16,19-24,33-36,51H,6-10,17-18H2,1-5H3,(H,43,46)(H,44,45)(H,47,54)(H,48,55)/t23-,24+,33-,34-,35-,36-/m0/s1. The van der Waals surface area contributed by atoms with Crippen molar-refractivity contribution in [1.29, 1.82) is 0 Å². The van der Waals surface area contributed by atoms with Crippen LogP contribution in [-0.4, -0.2) is 104 Å². The van der Waals surface area contributed by atoms with Crippen molar-refractivity contribution >= 4 is 45.8 Å². The fourth-order valence-electron chi connectivity index (χ4n) is 8.04. The van der Waals surface area contributed by atoms with Crippen molar-refractivity contribution in [2.75, 3.05) is 27.3 Å². The number of carbonyl (C=O) groups is 4. The van der Waals surface area contributed by atoms with E-state index in [1.54, 1.807) is 11.1 Å². The molecule has 6 atom stereocenters. The first kappa shape index (κ1) is 39.3. The molecule has 0 unspecified atom stereocenters. The van der Waals surface area contributed by atoms with Crippen LogP contribution in [0, 0.1) is 5.92 Å². The van der Waals surface area contributed by atoms with Crippen LogP contribution in [0.3, 0.4) is 0 Å². The van der Waals surface area contributed by atoms with E-state index in [4.69, 9.17) is 9.72 Å². The number of likely N-dealkylation sites (tertiary alicyclic amines) is 2. The van der Waals surface area contributed by atoms with Gasteiger partial charge in [0.2, 0.25) is 11.8 Å². The second kappa shape index (κ2) is 16.6. The lowest BCUT2D eigenvalue weighted by Crippen LogP contribution is -2.53. The number of methoxy groups -OCH3 is 2. The van der Waals surface area contributed by atoms with Crippen LogP contribution >= 0.6 is 0 Å². The SMILES string of the molecule is CC[C@H](C)[C@H](NC(=O)OC)C(=O)N1CCC[C@H]1c1nc2ccc(-c3ccc4cc(-c5cnc([C@@H]6CCCN6C(=O)[C@@H](NC(=O)OC)[C@@H](C)O)[nH]5)ccc4c3)cc2[nH]1. The van der Waals surface area contributed by atoms with Crippen LogP contribution in [0.2, 0.25) is 0 Å². The van der Waals surface area contributed by atoms with Crippen molar-refractivity contribution < 1.29 is 33.8 Å². The summed E-state index contributed by atoms with van der Waals surface area (Å²) in [7, 11) is 2.51. The number of fused-ring (bicyclic) bond motifs is 2. The monoisotopic (exact) mass is 778 g/mol. The van der Waals surface area contributed by atoms with E-state index in [0.29, 0.717) is 25.3 Å². The molecule has 2 saturated heterocycles. The summed E-state index contributed by atoms with van der Waals surface area (Å²) in [4.78, 5) is 71.1. The third-order valence-electron chi connectivity index (χ3n) is 11.4. The molecule has 4 heterocycles. The third kappa shape index (κ3) is 8.01. The number of rotatable bonds is 11. The number of aromatic nitrogens is 4. The third-order valence-corrected chi connectivity index (χ3v) is 11.4. The Balaban J connectivity index is 1.07. The molecular weight excluding hydrogens is 729 g/mol. The van der Waals surface area contributed by atoms with Crippen molar-refractivity contribution in [2.45, 2.75) is 83.1 Å². The zero-order chi connectivity index (χ0) is 40.4. The van der Waals surface area contributed by atoms with Crippen LogP contribution in [0.25, 0.3) is 44.2 Å². The molecule has 15 heteroatoms. The van der Waals surface area contributed by atoms with Crippen LogP contribution in [0.4, 0.5) is 9.59 Å². The number of aliphatic hydroxyl groups excluding tert-OH is 1. The Morgan fingerprint density at radius 1 is 0.789 bits per heavy atom. The Morgan fingerprint density at radius 3 is 1.98 bits per heavy atom. The molecule has 0 radical (unpaired) electrons. The smallest absolute Gasteiger partial charge is 0.407 e. The van der Waals surface area contributed by atoms with E-state index in [0.717, 1.165) is 75.7 Å². The van der Waals surface area contributed by atoms with E-state index >= 15 is 0 Å². The topological polar surface area (TPSA) is 195 Å². The number of benzene rings is 3. The van der Waals surface area contributed by atoms with Gasteiger partial charge in [-0.3, -0.25) is 9.59 Å². The van der Waals surface area contributed by atoms with Gasteiger partial charge in [0, 0.05) is 18.7 Å². The lowest BCUT2D eigenvalue weighted by Gasteiger charge is -2.30. The summed E-state index contributed by atoms with van der Waals surface area (Å²) in [6, 6.07) is 16.3. The molecule has 0 aliphatic carbocycles. The largest absolute Gasteiger partial charge is 0.453 e. The van der Waals surface area contributed by atoms with E-state index in [-0.39, 0.29) is 23.9 Å². The zero-order valence-electron chi connectivity index (χ0n) is 32.9. The van der Waals surface area contributed by atoms with Crippen LogP contribution in [0.5, 0.6) is 0 Å². The van der Waals surface area contributed by atoms with Crippen molar-refractivity contribution in [3.63, 3.8) is 0 Å². The Hall–Kier alpha value is -5.96. The van der Waals surface area contributed by atoms with Crippen molar-refractivity contribution in [3.8, 4) is 22.4 Å². The number of H-pyrrole nitrogens is 2. The fraction of sp³-hybridized carbons (Fsp3) is 0.429.